The maximum absolute atomic E-state index is 12.8. The van der Waals surface area contributed by atoms with E-state index in [-0.39, 0.29) is 17.7 Å². The van der Waals surface area contributed by atoms with Crippen LogP contribution >= 0.6 is 43.6 Å². The largest absolute Gasteiger partial charge is 0.493 e. The number of ether oxygens (including phenoxy) is 2. The van der Waals surface area contributed by atoms with E-state index in [9.17, 15) is 9.59 Å². The van der Waals surface area contributed by atoms with Crippen LogP contribution in [0.3, 0.4) is 0 Å². The van der Waals surface area contributed by atoms with Crippen LogP contribution in [0.15, 0.2) is 80.6 Å². The summed E-state index contributed by atoms with van der Waals surface area (Å²) in [7, 11) is 1.57. The second kappa shape index (κ2) is 10.6. The Labute approximate surface area is 213 Å². The summed E-state index contributed by atoms with van der Waals surface area (Å²) in [4.78, 5) is 26.9. The van der Waals surface area contributed by atoms with E-state index < -0.39 is 0 Å². The topological polar surface area (TPSA) is 55.8 Å². The number of carbonyl (C=O) groups is 2. The monoisotopic (exact) mass is 587 g/mol. The van der Waals surface area contributed by atoms with E-state index in [1.165, 1.54) is 4.90 Å². The van der Waals surface area contributed by atoms with Gasteiger partial charge in [-0.2, -0.15) is 0 Å². The Balaban J connectivity index is 1.47. The van der Waals surface area contributed by atoms with E-state index >= 15 is 0 Å². The van der Waals surface area contributed by atoms with Crippen molar-refractivity contribution in [3.8, 4) is 11.5 Å². The van der Waals surface area contributed by atoms with E-state index in [4.69, 9.17) is 9.47 Å². The molecule has 4 rings (SSSR count). The fraction of sp³-hybridized carbons (Fsp3) is 0.120. The second-order valence-corrected chi connectivity index (χ2v) is 10.0. The number of methoxy groups -OCH3 is 1. The van der Waals surface area contributed by atoms with Gasteiger partial charge < -0.3 is 9.47 Å². The molecular weight excluding hydrogens is 570 g/mol. The zero-order valence-corrected chi connectivity index (χ0v) is 21.6. The van der Waals surface area contributed by atoms with Crippen molar-refractivity contribution in [2.45, 2.75) is 13.2 Å². The van der Waals surface area contributed by atoms with Crippen LogP contribution in [0.25, 0.3) is 6.08 Å². The Bertz CT molecular complexity index is 1210. The van der Waals surface area contributed by atoms with Crippen LogP contribution in [0.4, 0.5) is 4.79 Å². The first-order valence-corrected chi connectivity index (χ1v) is 12.4. The van der Waals surface area contributed by atoms with Gasteiger partial charge in [0.25, 0.3) is 11.1 Å². The van der Waals surface area contributed by atoms with Crippen LogP contribution in [0.1, 0.15) is 16.7 Å². The van der Waals surface area contributed by atoms with Gasteiger partial charge >= 0.3 is 0 Å². The molecule has 1 aliphatic rings. The number of benzene rings is 3. The summed E-state index contributed by atoms with van der Waals surface area (Å²) in [6, 6.07) is 20.9. The molecule has 1 fully saturated rings. The molecule has 1 aliphatic heterocycles. The predicted molar refractivity (Wildman–Crippen MR) is 137 cm³/mol. The van der Waals surface area contributed by atoms with E-state index in [1.54, 1.807) is 25.3 Å². The highest BCUT2D eigenvalue weighted by Gasteiger charge is 2.35. The Morgan fingerprint density at radius 3 is 2.15 bits per heavy atom. The minimum atomic E-state index is -0.303. The minimum absolute atomic E-state index is 0.238. The van der Waals surface area contributed by atoms with Gasteiger partial charge in [-0.15, -0.1) is 0 Å². The third-order valence-electron chi connectivity index (χ3n) is 4.92. The zero-order valence-electron chi connectivity index (χ0n) is 17.6. The number of hydrogen-bond donors (Lipinski definition) is 0. The van der Waals surface area contributed by atoms with Gasteiger partial charge in [-0.3, -0.25) is 14.5 Å². The van der Waals surface area contributed by atoms with Crippen molar-refractivity contribution in [3.05, 3.63) is 97.3 Å². The lowest BCUT2D eigenvalue weighted by Crippen LogP contribution is -2.27. The number of halogens is 2. The summed E-state index contributed by atoms with van der Waals surface area (Å²) in [5, 5.41) is -0.282. The highest BCUT2D eigenvalue weighted by molar-refractivity contribution is 9.10. The van der Waals surface area contributed by atoms with Gasteiger partial charge in [0.15, 0.2) is 11.5 Å². The van der Waals surface area contributed by atoms with Crippen LogP contribution in [-0.2, 0) is 17.9 Å². The number of carbonyl (C=O) groups excluding carboxylic acids is 2. The normalized spacial score (nSPS) is 14.8. The lowest BCUT2D eigenvalue weighted by molar-refractivity contribution is -0.123. The molecule has 33 heavy (non-hydrogen) atoms. The molecule has 1 heterocycles. The SMILES string of the molecule is COc1cc(/C=C2\SC(=O)N(Cc3ccc(Br)cc3)C2=O)ccc1OCc1ccc(Br)cc1. The van der Waals surface area contributed by atoms with E-state index in [1.807, 2.05) is 54.6 Å². The molecule has 3 aromatic carbocycles. The Morgan fingerprint density at radius 2 is 1.52 bits per heavy atom. The maximum Gasteiger partial charge on any atom is 0.293 e. The van der Waals surface area contributed by atoms with Crippen molar-refractivity contribution in [2.24, 2.45) is 0 Å². The van der Waals surface area contributed by atoms with Crippen LogP contribution in [0.5, 0.6) is 11.5 Å². The molecule has 0 aliphatic carbocycles. The van der Waals surface area contributed by atoms with Crippen molar-refractivity contribution >= 4 is 60.8 Å². The van der Waals surface area contributed by atoms with Gasteiger partial charge in [-0.05, 0) is 70.9 Å². The average Bonchev–Trinajstić information content (AvgIpc) is 3.07. The quantitative estimate of drug-likeness (QED) is 0.277. The standard InChI is InChI=1S/C25H19Br2NO4S/c1-31-22-12-18(6-11-21(22)32-15-17-4-9-20(27)10-5-17)13-23-24(29)28(25(30)33-23)14-16-2-7-19(26)8-3-16/h2-13H,14-15H2,1H3/b23-13-. The van der Waals surface area contributed by atoms with Crippen LogP contribution in [-0.4, -0.2) is 23.2 Å². The predicted octanol–water partition coefficient (Wildman–Crippen LogP) is 7.04. The van der Waals surface area contributed by atoms with Gasteiger partial charge in [0.05, 0.1) is 18.6 Å². The lowest BCUT2D eigenvalue weighted by atomic mass is 10.1. The summed E-state index contributed by atoms with van der Waals surface area (Å²) in [5.74, 6) is 0.846. The second-order valence-electron chi connectivity index (χ2n) is 7.22. The summed E-state index contributed by atoms with van der Waals surface area (Å²) in [6.45, 7) is 0.638. The highest BCUT2D eigenvalue weighted by atomic mass is 79.9. The average molecular weight is 589 g/mol. The first kappa shape index (κ1) is 23.6. The number of thioether (sulfide) groups is 1. The van der Waals surface area contributed by atoms with Crippen LogP contribution < -0.4 is 9.47 Å². The number of rotatable bonds is 7. The fourth-order valence-corrected chi connectivity index (χ4v) is 4.56. The van der Waals surface area contributed by atoms with Crippen molar-refractivity contribution in [1.82, 2.24) is 4.90 Å². The third kappa shape index (κ3) is 5.88. The molecule has 0 atom stereocenters. The van der Waals surface area contributed by atoms with Crippen molar-refractivity contribution in [1.29, 1.82) is 0 Å². The molecule has 0 spiro atoms. The number of hydrogen-bond acceptors (Lipinski definition) is 5. The summed E-state index contributed by atoms with van der Waals surface area (Å²) in [6.07, 6.45) is 1.70. The summed E-state index contributed by atoms with van der Waals surface area (Å²) >= 11 is 7.75. The van der Waals surface area contributed by atoms with Crippen LogP contribution in [0, 0.1) is 0 Å². The molecule has 2 amide bonds. The highest BCUT2D eigenvalue weighted by Crippen LogP contribution is 2.35. The van der Waals surface area contributed by atoms with E-state index in [0.717, 1.165) is 37.4 Å². The van der Waals surface area contributed by atoms with Crippen LogP contribution in [0.2, 0.25) is 0 Å². The molecule has 8 heteroatoms. The summed E-state index contributed by atoms with van der Waals surface area (Å²) < 4.78 is 13.3. The molecule has 168 valence electrons. The first-order chi connectivity index (χ1) is 15.9. The fourth-order valence-electron chi connectivity index (χ4n) is 3.19. The molecule has 0 saturated carbocycles. The molecule has 0 aromatic heterocycles. The Kier molecular flexibility index (Phi) is 7.57. The van der Waals surface area contributed by atoms with Gasteiger partial charge in [0.2, 0.25) is 0 Å². The molecule has 0 unspecified atom stereocenters. The molecule has 1 saturated heterocycles. The number of amides is 2. The van der Waals surface area contributed by atoms with Crippen molar-refractivity contribution in [3.63, 3.8) is 0 Å². The van der Waals surface area contributed by atoms with Crippen molar-refractivity contribution in [2.75, 3.05) is 7.11 Å². The summed E-state index contributed by atoms with van der Waals surface area (Å²) in [5.41, 5.74) is 2.66. The minimum Gasteiger partial charge on any atom is -0.493 e. The number of nitrogens with zero attached hydrogens (tertiary/aromatic N) is 1. The maximum atomic E-state index is 12.8. The lowest BCUT2D eigenvalue weighted by Gasteiger charge is -2.12. The van der Waals surface area contributed by atoms with E-state index in [0.29, 0.717) is 23.0 Å². The van der Waals surface area contributed by atoms with Gasteiger partial charge in [0, 0.05) is 8.95 Å². The third-order valence-corrected chi connectivity index (χ3v) is 6.89. The molecule has 3 aromatic rings. The molecule has 0 radical (unpaired) electrons. The smallest absolute Gasteiger partial charge is 0.293 e. The van der Waals surface area contributed by atoms with Gasteiger partial charge in [0.1, 0.15) is 6.61 Å². The molecule has 0 bridgehead atoms. The Hall–Kier alpha value is -2.55. The number of imide groups is 1. The van der Waals surface area contributed by atoms with E-state index in [2.05, 4.69) is 31.9 Å². The first-order valence-electron chi connectivity index (χ1n) is 9.98. The van der Waals surface area contributed by atoms with Gasteiger partial charge in [-0.25, -0.2) is 0 Å². The zero-order chi connectivity index (χ0) is 23.4. The molecule has 5 nitrogen and oxygen atoms in total. The van der Waals surface area contributed by atoms with Crippen molar-refractivity contribution < 1.29 is 19.1 Å². The molecular formula is C25H19Br2NO4S. The van der Waals surface area contributed by atoms with Gasteiger partial charge in [-0.1, -0.05) is 62.2 Å². The molecule has 0 N–H and O–H groups in total. The Morgan fingerprint density at radius 1 is 0.879 bits per heavy atom.